The maximum absolute atomic E-state index is 5.89. The van der Waals surface area contributed by atoms with Crippen LogP contribution in [0.2, 0.25) is 0 Å². The van der Waals surface area contributed by atoms with Crippen molar-refractivity contribution in [2.75, 3.05) is 14.2 Å². The molecular weight excluding hydrogens is 400 g/mol. The topological polar surface area (TPSA) is 27.7 Å². The minimum absolute atomic E-state index is 0.452. The molecule has 0 aromatic heterocycles. The quantitative estimate of drug-likeness (QED) is 0.625. The molecule has 0 radical (unpaired) electrons. The lowest BCUT2D eigenvalue weighted by molar-refractivity contribution is 0.265. The Morgan fingerprint density at radius 2 is 1.48 bits per heavy atom. The zero-order valence-electron chi connectivity index (χ0n) is 11.9. The maximum atomic E-state index is 5.89. The van der Waals surface area contributed by atoms with E-state index in [-0.39, 0.29) is 0 Å². The van der Waals surface area contributed by atoms with Gasteiger partial charge in [-0.3, -0.25) is 0 Å². The van der Waals surface area contributed by atoms with Crippen LogP contribution in [0.5, 0.6) is 17.2 Å². The van der Waals surface area contributed by atoms with E-state index in [9.17, 15) is 0 Å². The molecule has 0 saturated heterocycles. The standard InChI is InChI=1S/C16H16Br2O3/c1-19-14-7-12(9-17)8-15(20-2)16(14)21-10-11-3-5-13(18)6-4-11/h3-8H,9-10H2,1-2H3. The van der Waals surface area contributed by atoms with Gasteiger partial charge in [0, 0.05) is 9.80 Å². The molecule has 0 unspecified atom stereocenters. The Balaban J connectivity index is 2.23. The summed E-state index contributed by atoms with van der Waals surface area (Å²) in [6.45, 7) is 0.452. The van der Waals surface area contributed by atoms with Gasteiger partial charge in [0.05, 0.1) is 14.2 Å². The van der Waals surface area contributed by atoms with Gasteiger partial charge in [-0.05, 0) is 35.4 Å². The molecule has 2 rings (SSSR count). The van der Waals surface area contributed by atoms with Gasteiger partial charge in [0.1, 0.15) is 6.61 Å². The van der Waals surface area contributed by atoms with Crippen LogP contribution in [0.25, 0.3) is 0 Å². The first-order chi connectivity index (χ1) is 10.2. The maximum Gasteiger partial charge on any atom is 0.203 e. The van der Waals surface area contributed by atoms with Crippen LogP contribution in [0.3, 0.4) is 0 Å². The lowest BCUT2D eigenvalue weighted by Gasteiger charge is -2.15. The molecular formula is C16H16Br2O3. The van der Waals surface area contributed by atoms with E-state index < -0.39 is 0 Å². The van der Waals surface area contributed by atoms with Gasteiger partial charge in [0.25, 0.3) is 0 Å². The molecule has 0 atom stereocenters. The van der Waals surface area contributed by atoms with E-state index in [2.05, 4.69) is 31.9 Å². The fraction of sp³-hybridized carbons (Fsp3) is 0.250. The first-order valence-corrected chi connectivity index (χ1v) is 8.27. The molecule has 0 fully saturated rings. The van der Waals surface area contributed by atoms with Gasteiger partial charge >= 0.3 is 0 Å². The molecule has 112 valence electrons. The fourth-order valence-electron chi connectivity index (χ4n) is 1.89. The molecule has 0 heterocycles. The summed E-state index contributed by atoms with van der Waals surface area (Å²) in [4.78, 5) is 0. The van der Waals surface area contributed by atoms with E-state index in [1.807, 2.05) is 36.4 Å². The third kappa shape index (κ3) is 4.14. The molecule has 0 saturated carbocycles. The number of hydrogen-bond acceptors (Lipinski definition) is 3. The molecule has 0 aliphatic heterocycles. The molecule has 0 bridgehead atoms. The molecule has 0 aliphatic carbocycles. The van der Waals surface area contributed by atoms with Crippen LogP contribution in [-0.2, 0) is 11.9 Å². The van der Waals surface area contributed by atoms with E-state index in [0.717, 1.165) is 20.9 Å². The number of halogens is 2. The zero-order valence-corrected chi connectivity index (χ0v) is 15.0. The smallest absolute Gasteiger partial charge is 0.203 e. The predicted molar refractivity (Wildman–Crippen MR) is 90.7 cm³/mol. The minimum atomic E-state index is 0.452. The third-order valence-corrected chi connectivity index (χ3v) is 4.15. The van der Waals surface area contributed by atoms with Gasteiger partial charge in [-0.15, -0.1) is 0 Å². The second-order valence-electron chi connectivity index (χ2n) is 4.38. The summed E-state index contributed by atoms with van der Waals surface area (Å²) >= 11 is 6.85. The summed E-state index contributed by atoms with van der Waals surface area (Å²) in [5, 5.41) is 0.729. The number of benzene rings is 2. The molecule has 3 nitrogen and oxygen atoms in total. The summed E-state index contributed by atoms with van der Waals surface area (Å²) < 4.78 is 17.7. The number of hydrogen-bond donors (Lipinski definition) is 0. The van der Waals surface area contributed by atoms with Crippen LogP contribution < -0.4 is 14.2 Å². The first-order valence-electron chi connectivity index (χ1n) is 6.36. The van der Waals surface area contributed by atoms with Crippen LogP contribution in [0.15, 0.2) is 40.9 Å². The second-order valence-corrected chi connectivity index (χ2v) is 5.85. The first kappa shape index (κ1) is 16.2. The van der Waals surface area contributed by atoms with Gasteiger partial charge in [0.2, 0.25) is 5.75 Å². The normalized spacial score (nSPS) is 10.3. The van der Waals surface area contributed by atoms with Gasteiger partial charge in [0.15, 0.2) is 11.5 Å². The van der Waals surface area contributed by atoms with E-state index >= 15 is 0 Å². The molecule has 0 aliphatic rings. The molecule has 2 aromatic rings. The summed E-state index contributed by atoms with van der Waals surface area (Å²) in [7, 11) is 3.25. The Labute approximate surface area is 141 Å². The predicted octanol–water partition coefficient (Wildman–Crippen LogP) is 4.94. The van der Waals surface area contributed by atoms with Crippen molar-refractivity contribution in [1.29, 1.82) is 0 Å². The van der Waals surface area contributed by atoms with E-state index in [1.165, 1.54) is 0 Å². The highest BCUT2D eigenvalue weighted by Gasteiger charge is 2.14. The van der Waals surface area contributed by atoms with Crippen LogP contribution in [0.1, 0.15) is 11.1 Å². The average molecular weight is 416 g/mol. The van der Waals surface area contributed by atoms with Crippen molar-refractivity contribution in [2.24, 2.45) is 0 Å². The molecule has 0 spiro atoms. The van der Waals surface area contributed by atoms with Crippen LogP contribution in [0.4, 0.5) is 0 Å². The van der Waals surface area contributed by atoms with Crippen LogP contribution >= 0.6 is 31.9 Å². The van der Waals surface area contributed by atoms with Crippen LogP contribution in [-0.4, -0.2) is 14.2 Å². The summed E-state index contributed by atoms with van der Waals surface area (Å²) in [6, 6.07) is 11.9. The van der Waals surface area contributed by atoms with Gasteiger partial charge < -0.3 is 14.2 Å². The number of methoxy groups -OCH3 is 2. The Kier molecular flexibility index (Phi) is 5.94. The highest BCUT2D eigenvalue weighted by atomic mass is 79.9. The largest absolute Gasteiger partial charge is 0.493 e. The average Bonchev–Trinajstić information content (AvgIpc) is 2.53. The monoisotopic (exact) mass is 414 g/mol. The number of ether oxygens (including phenoxy) is 3. The Morgan fingerprint density at radius 3 is 1.95 bits per heavy atom. The van der Waals surface area contributed by atoms with Crippen molar-refractivity contribution < 1.29 is 14.2 Å². The van der Waals surface area contributed by atoms with Gasteiger partial charge in [-0.1, -0.05) is 44.0 Å². The van der Waals surface area contributed by atoms with Gasteiger partial charge in [-0.25, -0.2) is 0 Å². The molecule has 21 heavy (non-hydrogen) atoms. The van der Waals surface area contributed by atoms with Gasteiger partial charge in [-0.2, -0.15) is 0 Å². The third-order valence-electron chi connectivity index (χ3n) is 2.97. The van der Waals surface area contributed by atoms with Crippen molar-refractivity contribution in [3.63, 3.8) is 0 Å². The molecule has 0 N–H and O–H groups in total. The fourth-order valence-corrected chi connectivity index (χ4v) is 2.48. The van der Waals surface area contributed by atoms with Crippen molar-refractivity contribution >= 4 is 31.9 Å². The van der Waals surface area contributed by atoms with Crippen LogP contribution in [0, 0.1) is 0 Å². The summed E-state index contributed by atoms with van der Waals surface area (Å²) in [6.07, 6.45) is 0. The van der Waals surface area contributed by atoms with E-state index in [1.54, 1.807) is 14.2 Å². The number of alkyl halides is 1. The number of rotatable bonds is 6. The lowest BCUT2D eigenvalue weighted by Crippen LogP contribution is -2.01. The SMILES string of the molecule is COc1cc(CBr)cc(OC)c1OCc1ccc(Br)cc1. The molecule has 0 amide bonds. The van der Waals surface area contributed by atoms with Crippen molar-refractivity contribution in [3.8, 4) is 17.2 Å². The summed E-state index contributed by atoms with van der Waals surface area (Å²) in [5.74, 6) is 1.95. The second kappa shape index (κ2) is 7.71. The van der Waals surface area contributed by atoms with Crippen molar-refractivity contribution in [1.82, 2.24) is 0 Å². The van der Waals surface area contributed by atoms with E-state index in [4.69, 9.17) is 14.2 Å². The molecule has 2 aromatic carbocycles. The lowest BCUT2D eigenvalue weighted by atomic mass is 10.2. The summed E-state index contributed by atoms with van der Waals surface area (Å²) in [5.41, 5.74) is 2.14. The molecule has 5 heteroatoms. The highest BCUT2D eigenvalue weighted by molar-refractivity contribution is 9.10. The Hall–Kier alpha value is -1.20. The Bertz CT molecular complexity index is 572. The zero-order chi connectivity index (χ0) is 15.2. The minimum Gasteiger partial charge on any atom is -0.493 e. The van der Waals surface area contributed by atoms with Crippen molar-refractivity contribution in [2.45, 2.75) is 11.9 Å². The van der Waals surface area contributed by atoms with E-state index in [0.29, 0.717) is 23.9 Å². The Morgan fingerprint density at radius 1 is 0.905 bits per heavy atom. The van der Waals surface area contributed by atoms with Crippen molar-refractivity contribution in [3.05, 3.63) is 52.0 Å². The highest BCUT2D eigenvalue weighted by Crippen LogP contribution is 2.39.